The summed E-state index contributed by atoms with van der Waals surface area (Å²) in [6, 6.07) is 5.30. The van der Waals surface area contributed by atoms with Crippen LogP contribution >= 0.6 is 0 Å². The van der Waals surface area contributed by atoms with Crippen molar-refractivity contribution in [3.05, 3.63) is 23.8 Å². The molecule has 10 heteroatoms. The number of rotatable bonds is 15. The fourth-order valence-corrected chi connectivity index (χ4v) is 6.59. The number of aliphatic carboxylic acids is 1. The standard InChI is InChI=1S/C32H50N4O6/c1-5-6-15-33(17-9-10-19-36(2,3)4)30(38)22-35-21-25(24-12-13-27-28(20-24)42-23-41-27)31(32(39)40)26(35)14-18-34-16-8-7-11-29(34)37/h12-13,20,25-26,31H,5-11,14-19,21-23H2,1-4H3/p+1/t25-,26+,31-/m1/s1. The first kappa shape index (κ1) is 32.1. The highest BCUT2D eigenvalue weighted by Crippen LogP contribution is 2.42. The van der Waals surface area contributed by atoms with Gasteiger partial charge in [-0.15, -0.1) is 0 Å². The number of likely N-dealkylation sites (tertiary alicyclic amines) is 2. The zero-order chi connectivity index (χ0) is 30.3. The third-order valence-corrected chi connectivity index (χ3v) is 8.95. The summed E-state index contributed by atoms with van der Waals surface area (Å²) in [5.41, 5.74) is 0.879. The van der Waals surface area contributed by atoms with Crippen LogP contribution in [0.4, 0.5) is 0 Å². The zero-order valence-electron chi connectivity index (χ0n) is 26.1. The van der Waals surface area contributed by atoms with Gasteiger partial charge in [0.1, 0.15) is 0 Å². The van der Waals surface area contributed by atoms with Gasteiger partial charge in [-0.25, -0.2) is 0 Å². The average Bonchev–Trinajstić information content (AvgIpc) is 3.55. The Bertz CT molecular complexity index is 1090. The third kappa shape index (κ3) is 8.37. The molecule has 10 nitrogen and oxygen atoms in total. The number of fused-ring (bicyclic) bond motifs is 1. The Morgan fingerprint density at radius 3 is 2.55 bits per heavy atom. The number of hydrogen-bond donors (Lipinski definition) is 1. The van der Waals surface area contributed by atoms with E-state index in [1.807, 2.05) is 28.0 Å². The average molecular weight is 588 g/mol. The van der Waals surface area contributed by atoms with Gasteiger partial charge in [-0.1, -0.05) is 19.4 Å². The molecule has 42 heavy (non-hydrogen) atoms. The van der Waals surface area contributed by atoms with E-state index in [0.29, 0.717) is 57.1 Å². The highest BCUT2D eigenvalue weighted by Gasteiger charge is 2.47. The van der Waals surface area contributed by atoms with E-state index in [4.69, 9.17) is 9.47 Å². The second-order valence-corrected chi connectivity index (χ2v) is 13.2. The number of amides is 2. The van der Waals surface area contributed by atoms with E-state index >= 15 is 0 Å². The van der Waals surface area contributed by atoms with E-state index < -0.39 is 11.9 Å². The number of carbonyl (C=O) groups excluding carboxylic acids is 2. The number of carboxylic acids is 1. The lowest BCUT2D eigenvalue weighted by Crippen LogP contribution is -2.46. The molecule has 1 N–H and O–H groups in total. The summed E-state index contributed by atoms with van der Waals surface area (Å²) in [4.78, 5) is 45.1. The minimum Gasteiger partial charge on any atom is -0.481 e. The minimum absolute atomic E-state index is 0.0585. The lowest BCUT2D eigenvalue weighted by atomic mass is 9.84. The number of unbranched alkanes of at least 4 members (excludes halogenated alkanes) is 2. The molecule has 1 aromatic rings. The van der Waals surface area contributed by atoms with Gasteiger partial charge >= 0.3 is 5.97 Å². The highest BCUT2D eigenvalue weighted by atomic mass is 16.7. The summed E-state index contributed by atoms with van der Waals surface area (Å²) < 4.78 is 12.0. The molecule has 3 aliphatic rings. The number of benzene rings is 1. The number of ether oxygens (including phenoxy) is 2. The Morgan fingerprint density at radius 1 is 1.07 bits per heavy atom. The molecule has 2 saturated heterocycles. The summed E-state index contributed by atoms with van der Waals surface area (Å²) >= 11 is 0. The molecule has 0 spiro atoms. The predicted molar refractivity (Wildman–Crippen MR) is 160 cm³/mol. The fourth-order valence-electron chi connectivity index (χ4n) is 6.59. The molecule has 234 valence electrons. The molecule has 3 aliphatic heterocycles. The van der Waals surface area contributed by atoms with Crippen LogP contribution in [0.2, 0.25) is 0 Å². The van der Waals surface area contributed by atoms with Gasteiger partial charge in [0.05, 0.1) is 40.2 Å². The third-order valence-electron chi connectivity index (χ3n) is 8.95. The first-order valence-corrected chi connectivity index (χ1v) is 15.8. The summed E-state index contributed by atoms with van der Waals surface area (Å²) in [5.74, 6) is -0.393. The summed E-state index contributed by atoms with van der Waals surface area (Å²) in [6.45, 7) is 6.64. The Balaban J connectivity index is 1.53. The first-order valence-electron chi connectivity index (χ1n) is 15.8. The van der Waals surface area contributed by atoms with Crippen LogP contribution in [-0.4, -0.2) is 122 Å². The molecule has 0 bridgehead atoms. The fraction of sp³-hybridized carbons (Fsp3) is 0.719. The highest BCUT2D eigenvalue weighted by molar-refractivity contribution is 5.79. The number of piperidine rings is 1. The van der Waals surface area contributed by atoms with Crippen molar-refractivity contribution in [2.75, 3.05) is 73.7 Å². The van der Waals surface area contributed by atoms with E-state index in [2.05, 4.69) is 33.0 Å². The van der Waals surface area contributed by atoms with Crippen molar-refractivity contribution >= 4 is 17.8 Å². The molecule has 1 aromatic carbocycles. The van der Waals surface area contributed by atoms with Crippen LogP contribution in [0.3, 0.4) is 0 Å². The van der Waals surface area contributed by atoms with Gasteiger partial charge in [-0.05, 0) is 56.2 Å². The van der Waals surface area contributed by atoms with Crippen LogP contribution in [0.25, 0.3) is 0 Å². The van der Waals surface area contributed by atoms with Gasteiger partial charge in [0.2, 0.25) is 18.6 Å². The number of carbonyl (C=O) groups is 3. The summed E-state index contributed by atoms with van der Waals surface area (Å²) in [7, 11) is 6.54. The molecule has 2 amide bonds. The van der Waals surface area contributed by atoms with Crippen molar-refractivity contribution in [1.29, 1.82) is 0 Å². The lowest BCUT2D eigenvalue weighted by molar-refractivity contribution is -0.870. The molecule has 0 unspecified atom stereocenters. The summed E-state index contributed by atoms with van der Waals surface area (Å²) in [5, 5.41) is 10.5. The SMILES string of the molecule is CCCCN(CCCC[N+](C)(C)C)C(=O)CN1C[C@H](c2ccc3c(c2)OCO3)[C@@H](C(=O)O)[C@@H]1CCN1CCCCC1=O. The van der Waals surface area contributed by atoms with Gasteiger partial charge in [0, 0.05) is 51.1 Å². The van der Waals surface area contributed by atoms with Crippen molar-refractivity contribution < 1.29 is 33.4 Å². The Morgan fingerprint density at radius 2 is 1.83 bits per heavy atom. The van der Waals surface area contributed by atoms with Crippen LogP contribution in [0.15, 0.2) is 18.2 Å². The molecular formula is C32H51N4O6+. The second kappa shape index (κ2) is 14.6. The molecule has 2 fully saturated rings. The van der Waals surface area contributed by atoms with Gasteiger partial charge < -0.3 is 28.9 Å². The van der Waals surface area contributed by atoms with E-state index in [1.165, 1.54) is 0 Å². The number of quaternary nitrogens is 1. The van der Waals surface area contributed by atoms with Crippen molar-refractivity contribution in [3.8, 4) is 11.5 Å². The van der Waals surface area contributed by atoms with E-state index in [0.717, 1.165) is 55.1 Å². The Kier molecular flexibility index (Phi) is 11.1. The van der Waals surface area contributed by atoms with Crippen molar-refractivity contribution in [2.45, 2.75) is 70.3 Å². The monoisotopic (exact) mass is 587 g/mol. The lowest BCUT2D eigenvalue weighted by Gasteiger charge is -2.32. The Hall–Kier alpha value is -2.85. The molecule has 4 rings (SSSR count). The smallest absolute Gasteiger partial charge is 0.308 e. The van der Waals surface area contributed by atoms with Crippen LogP contribution in [0, 0.1) is 5.92 Å². The maximum atomic E-state index is 13.8. The van der Waals surface area contributed by atoms with Gasteiger partial charge in [-0.3, -0.25) is 19.3 Å². The molecule has 3 atom stereocenters. The molecular weight excluding hydrogens is 536 g/mol. The predicted octanol–water partition coefficient (Wildman–Crippen LogP) is 3.40. The second-order valence-electron chi connectivity index (χ2n) is 13.2. The normalized spacial score (nSPS) is 22.5. The molecule has 0 aliphatic carbocycles. The van der Waals surface area contributed by atoms with E-state index in [1.54, 1.807) is 0 Å². The quantitative estimate of drug-likeness (QED) is 0.248. The topological polar surface area (TPSA) is 99.6 Å². The zero-order valence-corrected chi connectivity index (χ0v) is 26.1. The van der Waals surface area contributed by atoms with Gasteiger partial charge in [0.15, 0.2) is 11.5 Å². The maximum absolute atomic E-state index is 13.8. The van der Waals surface area contributed by atoms with Crippen LogP contribution in [-0.2, 0) is 14.4 Å². The minimum atomic E-state index is -0.870. The van der Waals surface area contributed by atoms with Crippen molar-refractivity contribution in [3.63, 3.8) is 0 Å². The Labute approximate surface area is 251 Å². The molecule has 3 heterocycles. The van der Waals surface area contributed by atoms with Gasteiger partial charge in [-0.2, -0.15) is 0 Å². The van der Waals surface area contributed by atoms with Crippen LogP contribution in [0.5, 0.6) is 11.5 Å². The summed E-state index contributed by atoms with van der Waals surface area (Å²) in [6.07, 6.45) is 6.90. The number of hydrogen-bond acceptors (Lipinski definition) is 6. The number of carboxylic acid groups (broad SMARTS) is 1. The van der Waals surface area contributed by atoms with Crippen molar-refractivity contribution in [2.24, 2.45) is 5.92 Å². The van der Waals surface area contributed by atoms with Crippen LogP contribution < -0.4 is 9.47 Å². The van der Waals surface area contributed by atoms with E-state index in [-0.39, 0.29) is 37.1 Å². The number of nitrogens with zero attached hydrogens (tertiary/aromatic N) is 4. The maximum Gasteiger partial charge on any atom is 0.308 e. The van der Waals surface area contributed by atoms with Crippen LogP contribution in [0.1, 0.15) is 69.8 Å². The first-order chi connectivity index (χ1) is 20.1. The largest absolute Gasteiger partial charge is 0.481 e. The van der Waals surface area contributed by atoms with E-state index in [9.17, 15) is 19.5 Å². The van der Waals surface area contributed by atoms with Gasteiger partial charge in [0.25, 0.3) is 0 Å². The molecule has 0 radical (unpaired) electrons. The molecule has 0 saturated carbocycles. The molecule has 0 aromatic heterocycles. The van der Waals surface area contributed by atoms with Crippen molar-refractivity contribution in [1.82, 2.24) is 14.7 Å².